The van der Waals surface area contributed by atoms with E-state index in [1.54, 1.807) is 6.07 Å². The van der Waals surface area contributed by atoms with Gasteiger partial charge < -0.3 is 9.88 Å². The van der Waals surface area contributed by atoms with Gasteiger partial charge in [-0.1, -0.05) is 66.5 Å². The molecule has 0 saturated heterocycles. The Bertz CT molecular complexity index is 1280. The van der Waals surface area contributed by atoms with Crippen LogP contribution in [0.3, 0.4) is 0 Å². The number of fused-ring (bicyclic) bond motifs is 2. The molecule has 1 aliphatic rings. The molecule has 0 fully saturated rings. The summed E-state index contributed by atoms with van der Waals surface area (Å²) in [5.41, 5.74) is 5.69. The molecule has 30 heavy (non-hydrogen) atoms. The third-order valence-corrected chi connectivity index (χ3v) is 6.29. The summed E-state index contributed by atoms with van der Waals surface area (Å²) in [4.78, 5) is 18.8. The number of carbonyl (C=O) groups is 1. The van der Waals surface area contributed by atoms with Gasteiger partial charge in [0.2, 0.25) is 0 Å². The molecule has 3 aromatic carbocycles. The van der Waals surface area contributed by atoms with Crippen molar-refractivity contribution in [2.45, 2.75) is 19.4 Å². The second-order valence-electron chi connectivity index (χ2n) is 7.57. The normalized spacial score (nSPS) is 15.8. The topological polar surface area (TPSA) is 36.1 Å². The SMILES string of the molecule is CCCN1C(=O)c2ccccc2[C@@H]1c1c(-c2ccc(Cl)cc2Cl)[nH]c2ccccc12. The predicted octanol–water partition coefficient (Wildman–Crippen LogP) is 7.10. The van der Waals surface area contributed by atoms with Crippen LogP contribution in [0.1, 0.15) is 40.9 Å². The summed E-state index contributed by atoms with van der Waals surface area (Å²) < 4.78 is 0. The van der Waals surface area contributed by atoms with E-state index < -0.39 is 0 Å². The Morgan fingerprint density at radius 1 is 0.967 bits per heavy atom. The second kappa shape index (κ2) is 7.50. The summed E-state index contributed by atoms with van der Waals surface area (Å²) in [5, 5.41) is 2.26. The fourth-order valence-electron chi connectivity index (χ4n) is 4.51. The van der Waals surface area contributed by atoms with Crippen LogP contribution < -0.4 is 0 Å². The van der Waals surface area contributed by atoms with Crippen molar-refractivity contribution in [3.63, 3.8) is 0 Å². The van der Waals surface area contributed by atoms with Crippen LogP contribution in [0.15, 0.2) is 66.7 Å². The fourth-order valence-corrected chi connectivity index (χ4v) is 5.01. The highest BCUT2D eigenvalue weighted by Crippen LogP contribution is 2.46. The molecule has 4 aromatic rings. The average molecular weight is 435 g/mol. The van der Waals surface area contributed by atoms with Crippen LogP contribution in [0.4, 0.5) is 0 Å². The highest BCUT2D eigenvalue weighted by molar-refractivity contribution is 6.36. The van der Waals surface area contributed by atoms with Crippen LogP contribution in [0.2, 0.25) is 10.0 Å². The number of aromatic amines is 1. The summed E-state index contributed by atoms with van der Waals surface area (Å²) in [6.07, 6.45) is 0.885. The maximum Gasteiger partial charge on any atom is 0.255 e. The van der Waals surface area contributed by atoms with Gasteiger partial charge in [0.1, 0.15) is 0 Å². The first kappa shape index (κ1) is 19.2. The molecule has 2 heterocycles. The van der Waals surface area contributed by atoms with Crippen LogP contribution in [0.25, 0.3) is 22.2 Å². The first-order valence-corrected chi connectivity index (χ1v) is 10.8. The smallest absolute Gasteiger partial charge is 0.255 e. The highest BCUT2D eigenvalue weighted by Gasteiger charge is 2.39. The molecule has 1 aromatic heterocycles. The zero-order chi connectivity index (χ0) is 20.8. The Hall–Kier alpha value is -2.75. The number of hydrogen-bond acceptors (Lipinski definition) is 1. The third kappa shape index (κ3) is 2.92. The Morgan fingerprint density at radius 3 is 2.53 bits per heavy atom. The average Bonchev–Trinajstić information content (AvgIpc) is 3.24. The van der Waals surface area contributed by atoms with Gasteiger partial charge in [0.05, 0.1) is 16.8 Å². The van der Waals surface area contributed by atoms with Crippen molar-refractivity contribution in [1.29, 1.82) is 0 Å². The molecule has 0 unspecified atom stereocenters. The van der Waals surface area contributed by atoms with Crippen LogP contribution in [0.5, 0.6) is 0 Å². The van der Waals surface area contributed by atoms with E-state index >= 15 is 0 Å². The number of rotatable bonds is 4. The lowest BCUT2D eigenvalue weighted by molar-refractivity contribution is 0.0751. The minimum absolute atomic E-state index is 0.0795. The van der Waals surface area contributed by atoms with E-state index in [2.05, 4.69) is 30.1 Å². The van der Waals surface area contributed by atoms with E-state index in [0.29, 0.717) is 16.6 Å². The van der Waals surface area contributed by atoms with E-state index in [-0.39, 0.29) is 11.9 Å². The Labute approximate surface area is 185 Å². The molecule has 5 rings (SSSR count). The van der Waals surface area contributed by atoms with Gasteiger partial charge >= 0.3 is 0 Å². The number of amides is 1. The Balaban J connectivity index is 1.83. The molecule has 0 radical (unpaired) electrons. The summed E-state index contributed by atoms with van der Waals surface area (Å²) in [6, 6.07) is 21.5. The first-order valence-electron chi connectivity index (χ1n) is 10.1. The number of nitrogens with zero attached hydrogens (tertiary/aromatic N) is 1. The van der Waals surface area contributed by atoms with E-state index in [4.69, 9.17) is 23.2 Å². The molecule has 0 bridgehead atoms. The van der Waals surface area contributed by atoms with Crippen molar-refractivity contribution in [3.8, 4) is 11.3 Å². The molecule has 0 saturated carbocycles. The van der Waals surface area contributed by atoms with Gasteiger partial charge in [-0.2, -0.15) is 0 Å². The zero-order valence-electron chi connectivity index (χ0n) is 16.5. The number of halogens is 2. The standard InChI is InChI=1S/C25H20Cl2N2O/c1-2-13-29-24(16-7-3-4-8-17(16)25(29)30)22-19-9-5-6-10-21(19)28-23(22)18-12-11-15(26)14-20(18)27/h3-12,14,24,28H,2,13H2,1H3/t24-/m1/s1. The highest BCUT2D eigenvalue weighted by atomic mass is 35.5. The summed E-state index contributed by atoms with van der Waals surface area (Å²) in [7, 11) is 0. The molecule has 0 aliphatic carbocycles. The quantitative estimate of drug-likeness (QED) is 0.365. The maximum atomic E-state index is 13.3. The zero-order valence-corrected chi connectivity index (χ0v) is 18.0. The van der Waals surface area contributed by atoms with Crippen molar-refractivity contribution in [2.75, 3.05) is 6.54 Å². The van der Waals surface area contributed by atoms with Crippen LogP contribution in [-0.4, -0.2) is 22.3 Å². The van der Waals surface area contributed by atoms with Crippen LogP contribution in [0, 0.1) is 0 Å². The number of benzene rings is 3. The lowest BCUT2D eigenvalue weighted by Crippen LogP contribution is -2.29. The molecule has 1 amide bonds. The van der Waals surface area contributed by atoms with Crippen molar-refractivity contribution in [1.82, 2.24) is 9.88 Å². The molecule has 150 valence electrons. The molecule has 0 spiro atoms. The number of nitrogens with one attached hydrogen (secondary N) is 1. The Morgan fingerprint density at radius 2 is 1.73 bits per heavy atom. The van der Waals surface area contributed by atoms with Crippen LogP contribution in [-0.2, 0) is 0 Å². The number of H-pyrrole nitrogens is 1. The summed E-state index contributed by atoms with van der Waals surface area (Å²) in [5.74, 6) is 0.0795. The molecule has 5 heteroatoms. The number of aromatic nitrogens is 1. The van der Waals surface area contributed by atoms with Gasteiger partial charge in [-0.15, -0.1) is 0 Å². The Kier molecular flexibility index (Phi) is 4.80. The minimum atomic E-state index is -0.174. The monoisotopic (exact) mass is 434 g/mol. The van der Waals surface area contributed by atoms with Crippen LogP contribution >= 0.6 is 23.2 Å². The molecule has 3 nitrogen and oxygen atoms in total. The van der Waals surface area contributed by atoms with Crippen molar-refractivity contribution < 1.29 is 4.79 Å². The minimum Gasteiger partial charge on any atom is -0.354 e. The van der Waals surface area contributed by atoms with E-state index in [1.807, 2.05) is 47.4 Å². The van der Waals surface area contributed by atoms with Gasteiger partial charge in [0.25, 0.3) is 5.91 Å². The van der Waals surface area contributed by atoms with Gasteiger partial charge in [0.15, 0.2) is 0 Å². The summed E-state index contributed by atoms with van der Waals surface area (Å²) in [6.45, 7) is 2.78. The van der Waals surface area contributed by atoms with Crippen molar-refractivity contribution in [2.24, 2.45) is 0 Å². The van der Waals surface area contributed by atoms with Crippen molar-refractivity contribution in [3.05, 3.63) is 93.5 Å². The lowest BCUT2D eigenvalue weighted by atomic mass is 9.93. The van der Waals surface area contributed by atoms with Gasteiger partial charge in [-0.05, 0) is 42.3 Å². The summed E-state index contributed by atoms with van der Waals surface area (Å²) >= 11 is 12.8. The second-order valence-corrected chi connectivity index (χ2v) is 8.42. The largest absolute Gasteiger partial charge is 0.354 e. The first-order chi connectivity index (χ1) is 14.6. The maximum absolute atomic E-state index is 13.3. The van der Waals surface area contributed by atoms with Crippen molar-refractivity contribution >= 4 is 40.0 Å². The van der Waals surface area contributed by atoms with E-state index in [0.717, 1.165) is 45.3 Å². The van der Waals surface area contributed by atoms with Gasteiger partial charge in [-0.25, -0.2) is 0 Å². The molecular formula is C25H20Cl2N2O. The molecule has 1 atom stereocenters. The lowest BCUT2D eigenvalue weighted by Gasteiger charge is -2.26. The number of carbonyl (C=O) groups excluding carboxylic acids is 1. The van der Waals surface area contributed by atoms with E-state index in [9.17, 15) is 4.79 Å². The molecule has 1 N–H and O–H groups in total. The molecular weight excluding hydrogens is 415 g/mol. The predicted molar refractivity (Wildman–Crippen MR) is 123 cm³/mol. The fraction of sp³-hybridized carbons (Fsp3) is 0.160. The van der Waals surface area contributed by atoms with Gasteiger partial charge in [0, 0.05) is 39.2 Å². The van der Waals surface area contributed by atoms with Gasteiger partial charge in [-0.3, -0.25) is 4.79 Å². The number of hydrogen-bond donors (Lipinski definition) is 1. The third-order valence-electron chi connectivity index (χ3n) is 5.74. The number of para-hydroxylation sites is 1. The van der Waals surface area contributed by atoms with E-state index in [1.165, 1.54) is 0 Å². The molecule has 1 aliphatic heterocycles.